The maximum atomic E-state index is 10.6. The number of benzene rings is 3. The van der Waals surface area contributed by atoms with Crippen LogP contribution in [0.1, 0.15) is 42.2 Å². The molecule has 1 aliphatic heterocycles. The molecule has 1 aliphatic rings. The summed E-state index contributed by atoms with van der Waals surface area (Å²) in [6.45, 7) is 2.58. The van der Waals surface area contributed by atoms with Gasteiger partial charge in [0.15, 0.2) is 0 Å². The van der Waals surface area contributed by atoms with Crippen LogP contribution in [0.15, 0.2) is 70.1 Å². The number of ether oxygens (including phenoxy) is 2. The Morgan fingerprint density at radius 2 is 1.88 bits per heavy atom. The third kappa shape index (κ3) is 4.93. The molecule has 4 rings (SSSR count). The van der Waals surface area contributed by atoms with Gasteiger partial charge < -0.3 is 14.6 Å². The summed E-state index contributed by atoms with van der Waals surface area (Å²) in [4.78, 5) is 5.02. The number of phenols is 1. The number of hydrogen-bond donors (Lipinski definition) is 2. The second-order valence-electron chi connectivity index (χ2n) is 7.45. The molecule has 0 unspecified atom stereocenters. The summed E-state index contributed by atoms with van der Waals surface area (Å²) in [5, 5.41) is 14.7. The zero-order valence-electron chi connectivity index (χ0n) is 17.8. The Balaban J connectivity index is 1.78. The third-order valence-corrected chi connectivity index (χ3v) is 6.12. The van der Waals surface area contributed by atoms with E-state index in [9.17, 15) is 5.11 Å². The van der Waals surface area contributed by atoms with Crippen molar-refractivity contribution in [2.75, 3.05) is 13.7 Å². The van der Waals surface area contributed by atoms with Crippen LogP contribution in [0.25, 0.3) is 0 Å². The Hall–Kier alpha value is -2.54. The summed E-state index contributed by atoms with van der Waals surface area (Å²) in [5.74, 6) is 1.75. The van der Waals surface area contributed by atoms with Crippen molar-refractivity contribution in [1.29, 1.82) is 0 Å². The summed E-state index contributed by atoms with van der Waals surface area (Å²) >= 11 is 9.80. The summed E-state index contributed by atoms with van der Waals surface area (Å²) in [6.07, 6.45) is 0.218. The Bertz CT molecular complexity index is 1130. The van der Waals surface area contributed by atoms with Crippen LogP contribution in [0.3, 0.4) is 0 Å². The maximum Gasteiger partial charge on any atom is 0.130 e. The number of nitrogens with one attached hydrogen (secondary N) is 1. The lowest BCUT2D eigenvalue weighted by Gasteiger charge is -2.31. The van der Waals surface area contributed by atoms with Crippen molar-refractivity contribution in [3.8, 4) is 17.2 Å². The minimum atomic E-state index is -0.374. The first kappa shape index (κ1) is 22.6. The highest BCUT2D eigenvalue weighted by atomic mass is 79.9. The summed E-state index contributed by atoms with van der Waals surface area (Å²) in [5.41, 5.74) is 3.55. The first-order chi connectivity index (χ1) is 15.5. The molecule has 0 saturated heterocycles. The van der Waals surface area contributed by atoms with E-state index < -0.39 is 0 Å². The molecule has 1 heterocycles. The van der Waals surface area contributed by atoms with Crippen molar-refractivity contribution in [3.63, 3.8) is 0 Å². The van der Waals surface area contributed by atoms with Gasteiger partial charge in [0.25, 0.3) is 0 Å². The topological polar surface area (TPSA) is 63.1 Å². The Labute approximate surface area is 201 Å². The number of halogens is 2. The highest BCUT2D eigenvalue weighted by Gasteiger charge is 2.29. The molecule has 2 N–H and O–H groups in total. The van der Waals surface area contributed by atoms with E-state index in [0.717, 1.165) is 38.4 Å². The van der Waals surface area contributed by atoms with E-state index in [1.54, 1.807) is 25.3 Å². The highest BCUT2D eigenvalue weighted by Crippen LogP contribution is 2.38. The Morgan fingerprint density at radius 3 is 2.59 bits per heavy atom. The minimum Gasteiger partial charge on any atom is -0.508 e. The van der Waals surface area contributed by atoms with E-state index in [1.165, 1.54) is 0 Å². The molecule has 0 fully saturated rings. The van der Waals surface area contributed by atoms with E-state index in [0.29, 0.717) is 18.1 Å². The lowest BCUT2D eigenvalue weighted by atomic mass is 9.93. The molecule has 0 aromatic heterocycles. The van der Waals surface area contributed by atoms with E-state index in [-0.39, 0.29) is 18.0 Å². The van der Waals surface area contributed by atoms with Gasteiger partial charge >= 0.3 is 0 Å². The van der Waals surface area contributed by atoms with Crippen LogP contribution in [0.2, 0.25) is 5.02 Å². The van der Waals surface area contributed by atoms with Crippen LogP contribution in [-0.2, 0) is 0 Å². The van der Waals surface area contributed by atoms with Gasteiger partial charge in [-0.15, -0.1) is 0 Å². The zero-order chi connectivity index (χ0) is 22.7. The second-order valence-corrected chi connectivity index (χ2v) is 8.80. The fourth-order valence-corrected chi connectivity index (χ4v) is 4.43. The smallest absolute Gasteiger partial charge is 0.130 e. The quantitative estimate of drug-likeness (QED) is 0.397. The van der Waals surface area contributed by atoms with Crippen molar-refractivity contribution >= 4 is 33.2 Å². The van der Waals surface area contributed by atoms with Gasteiger partial charge in [-0.3, -0.25) is 10.3 Å². The molecule has 3 aromatic rings. The summed E-state index contributed by atoms with van der Waals surface area (Å²) in [7, 11) is 1.65. The fourth-order valence-electron chi connectivity index (χ4n) is 3.87. The van der Waals surface area contributed by atoms with Crippen LogP contribution in [0.4, 0.5) is 0 Å². The fraction of sp³-hybridized carbons (Fsp3) is 0.240. The number of aliphatic imine (C=N–C) groups is 1. The van der Waals surface area contributed by atoms with Crippen molar-refractivity contribution < 1.29 is 14.6 Å². The molecule has 0 spiro atoms. The van der Waals surface area contributed by atoms with Crippen molar-refractivity contribution in [3.05, 3.63) is 86.8 Å². The second kappa shape index (κ2) is 9.94. The van der Waals surface area contributed by atoms with Gasteiger partial charge in [-0.1, -0.05) is 27.5 Å². The van der Waals surface area contributed by atoms with Crippen LogP contribution >= 0.6 is 27.5 Å². The minimum absolute atomic E-state index is 0.193. The third-order valence-electron chi connectivity index (χ3n) is 5.39. The van der Waals surface area contributed by atoms with Crippen LogP contribution < -0.4 is 14.8 Å². The number of aromatic hydroxyl groups is 1. The van der Waals surface area contributed by atoms with Gasteiger partial charge in [0.1, 0.15) is 23.4 Å². The van der Waals surface area contributed by atoms with Crippen molar-refractivity contribution in [2.45, 2.75) is 25.6 Å². The molecular weight excluding hydrogens is 492 g/mol. The first-order valence-electron chi connectivity index (χ1n) is 10.4. The van der Waals surface area contributed by atoms with E-state index in [4.69, 9.17) is 26.1 Å². The molecule has 166 valence electrons. The number of methoxy groups -OCH3 is 1. The molecule has 0 aliphatic carbocycles. The van der Waals surface area contributed by atoms with Crippen LogP contribution in [-0.4, -0.2) is 24.5 Å². The average Bonchev–Trinajstić information content (AvgIpc) is 2.81. The normalized spacial score (nSPS) is 18.2. The average molecular weight is 516 g/mol. The van der Waals surface area contributed by atoms with Crippen LogP contribution in [0.5, 0.6) is 17.2 Å². The Morgan fingerprint density at radius 1 is 1.09 bits per heavy atom. The molecule has 2 atom stereocenters. The largest absolute Gasteiger partial charge is 0.508 e. The number of phenolic OH excluding ortho intramolecular Hbond substituents is 1. The standard InChI is InChI=1S/C25H24BrClN2O3/c1-3-32-18-8-4-15(5-9-18)21-14-22(19-13-17(27)7-10-23(19)30)29-25(28-21)20-12-16(26)6-11-24(20)31-2/h4-13,22,25,29-30H,3,14H2,1-2H3/t22-,25-/m1/s1. The van der Waals surface area contributed by atoms with Gasteiger partial charge in [0, 0.05) is 38.8 Å². The highest BCUT2D eigenvalue weighted by molar-refractivity contribution is 9.10. The van der Waals surface area contributed by atoms with E-state index >= 15 is 0 Å². The van der Waals surface area contributed by atoms with Gasteiger partial charge in [-0.2, -0.15) is 0 Å². The van der Waals surface area contributed by atoms with Gasteiger partial charge in [-0.05, 0) is 73.2 Å². The van der Waals surface area contributed by atoms with Crippen LogP contribution in [0, 0.1) is 0 Å². The predicted molar refractivity (Wildman–Crippen MR) is 131 cm³/mol. The van der Waals surface area contributed by atoms with Crippen molar-refractivity contribution in [1.82, 2.24) is 5.32 Å². The monoisotopic (exact) mass is 514 g/mol. The Kier molecular flexibility index (Phi) is 7.04. The van der Waals surface area contributed by atoms with Gasteiger partial charge in [0.05, 0.1) is 13.7 Å². The molecule has 0 radical (unpaired) electrons. The van der Waals surface area contributed by atoms with Gasteiger partial charge in [0.2, 0.25) is 0 Å². The lowest BCUT2D eigenvalue weighted by molar-refractivity contribution is 0.340. The van der Waals surface area contributed by atoms with E-state index in [1.807, 2.05) is 49.4 Å². The number of hydrogen-bond acceptors (Lipinski definition) is 5. The SMILES string of the molecule is CCOc1ccc(C2=N[C@@H](c3cc(Br)ccc3OC)N[C@@H](c3cc(Cl)ccc3O)C2)cc1. The molecule has 7 heteroatoms. The first-order valence-corrected chi connectivity index (χ1v) is 11.5. The van der Waals surface area contributed by atoms with Gasteiger partial charge in [-0.25, -0.2) is 0 Å². The molecular formula is C25H24BrClN2O3. The molecule has 32 heavy (non-hydrogen) atoms. The molecule has 0 bridgehead atoms. The predicted octanol–water partition coefficient (Wildman–Crippen LogP) is 6.44. The number of rotatable bonds is 6. The van der Waals surface area contributed by atoms with E-state index in [2.05, 4.69) is 21.2 Å². The summed E-state index contributed by atoms with van der Waals surface area (Å²) < 4.78 is 12.1. The molecule has 3 aromatic carbocycles. The lowest BCUT2D eigenvalue weighted by Crippen LogP contribution is -2.33. The summed E-state index contributed by atoms with van der Waals surface area (Å²) in [6, 6.07) is 18.7. The maximum absolute atomic E-state index is 10.6. The zero-order valence-corrected chi connectivity index (χ0v) is 20.2. The molecule has 0 saturated carbocycles. The molecule has 5 nitrogen and oxygen atoms in total. The molecule has 0 amide bonds. The number of nitrogens with zero attached hydrogens (tertiary/aromatic N) is 1. The van der Waals surface area contributed by atoms with Crippen molar-refractivity contribution in [2.24, 2.45) is 4.99 Å².